The number of nitrogens with one attached hydrogen (secondary N) is 1. The average Bonchev–Trinajstić information content (AvgIpc) is 3.08. The number of rotatable bonds is 4. The first-order valence-electron chi connectivity index (χ1n) is 5.45. The van der Waals surface area contributed by atoms with Crippen molar-refractivity contribution in [2.45, 2.75) is 31.6 Å². The van der Waals surface area contributed by atoms with E-state index >= 15 is 0 Å². The number of aromatic nitrogens is 1. The van der Waals surface area contributed by atoms with E-state index in [0.717, 1.165) is 25.1 Å². The van der Waals surface area contributed by atoms with Crippen LogP contribution in [0.1, 0.15) is 31.9 Å². The fraction of sp³-hybridized carbons (Fsp3) is 0.500. The molecular formula is C12H16N2O. The summed E-state index contributed by atoms with van der Waals surface area (Å²) in [5.41, 5.74) is 1.24. The van der Waals surface area contributed by atoms with E-state index in [4.69, 9.17) is 0 Å². The van der Waals surface area contributed by atoms with Crippen molar-refractivity contribution in [2.75, 3.05) is 6.54 Å². The number of nitrogens with zero attached hydrogens (tertiary/aromatic N) is 1. The molecule has 15 heavy (non-hydrogen) atoms. The van der Waals surface area contributed by atoms with Crippen LogP contribution in [-0.4, -0.2) is 17.4 Å². The number of amides is 1. The summed E-state index contributed by atoms with van der Waals surface area (Å²) in [4.78, 5) is 15.6. The van der Waals surface area contributed by atoms with Crippen molar-refractivity contribution in [3.63, 3.8) is 0 Å². The molecule has 1 aliphatic carbocycles. The normalized spacial score (nSPS) is 17.1. The fourth-order valence-electron chi connectivity index (χ4n) is 1.74. The predicted molar refractivity (Wildman–Crippen MR) is 58.4 cm³/mol. The molecule has 0 radical (unpaired) electrons. The van der Waals surface area contributed by atoms with E-state index in [1.807, 2.05) is 31.3 Å². The van der Waals surface area contributed by atoms with Gasteiger partial charge in [-0.2, -0.15) is 0 Å². The minimum absolute atomic E-state index is 0.122. The van der Waals surface area contributed by atoms with Gasteiger partial charge in [0.25, 0.3) is 0 Å². The Morgan fingerprint density at radius 2 is 2.33 bits per heavy atom. The lowest BCUT2D eigenvalue weighted by atomic mass is 10.0. The lowest BCUT2D eigenvalue weighted by molar-refractivity contribution is -0.120. The van der Waals surface area contributed by atoms with Crippen LogP contribution in [-0.2, 0) is 10.2 Å². The molecule has 0 atom stereocenters. The highest BCUT2D eigenvalue weighted by atomic mass is 16.1. The van der Waals surface area contributed by atoms with Gasteiger partial charge in [0.2, 0.25) is 5.91 Å². The summed E-state index contributed by atoms with van der Waals surface area (Å²) in [6, 6.07) is 5.97. The molecule has 2 rings (SSSR count). The van der Waals surface area contributed by atoms with Crippen LogP contribution >= 0.6 is 0 Å². The molecule has 1 aromatic rings. The summed E-state index contributed by atoms with van der Waals surface area (Å²) in [5, 5.41) is 2.95. The maximum atomic E-state index is 11.2. The average molecular weight is 204 g/mol. The topological polar surface area (TPSA) is 42.0 Å². The molecule has 1 N–H and O–H groups in total. The van der Waals surface area contributed by atoms with E-state index in [2.05, 4.69) is 10.3 Å². The first-order valence-corrected chi connectivity index (χ1v) is 5.45. The Morgan fingerprint density at radius 1 is 1.53 bits per heavy atom. The van der Waals surface area contributed by atoms with Gasteiger partial charge in [0.1, 0.15) is 0 Å². The minimum Gasteiger partial charge on any atom is -0.355 e. The van der Waals surface area contributed by atoms with Crippen LogP contribution in [0.5, 0.6) is 0 Å². The largest absolute Gasteiger partial charge is 0.355 e. The molecule has 80 valence electrons. The van der Waals surface area contributed by atoms with Crippen LogP contribution in [0.4, 0.5) is 0 Å². The van der Waals surface area contributed by atoms with Crippen LogP contribution in [0.3, 0.4) is 0 Å². The first-order chi connectivity index (χ1) is 7.27. The number of hydrogen-bond acceptors (Lipinski definition) is 2. The van der Waals surface area contributed by atoms with Gasteiger partial charge in [-0.25, -0.2) is 0 Å². The molecular weight excluding hydrogens is 188 g/mol. The third-order valence-electron chi connectivity index (χ3n) is 3.01. The quantitative estimate of drug-likeness (QED) is 0.810. The number of hydrogen-bond donors (Lipinski definition) is 1. The monoisotopic (exact) mass is 204 g/mol. The molecule has 3 nitrogen and oxygen atoms in total. The van der Waals surface area contributed by atoms with Crippen molar-refractivity contribution >= 4 is 5.91 Å². The molecule has 1 saturated carbocycles. The van der Waals surface area contributed by atoms with Crippen molar-refractivity contribution in [2.24, 2.45) is 0 Å². The van der Waals surface area contributed by atoms with Crippen LogP contribution in [0.15, 0.2) is 24.4 Å². The molecule has 0 saturated heterocycles. The van der Waals surface area contributed by atoms with Crippen molar-refractivity contribution < 1.29 is 4.79 Å². The van der Waals surface area contributed by atoms with Crippen molar-refractivity contribution in [3.05, 3.63) is 30.1 Å². The molecule has 0 bridgehead atoms. The van der Waals surface area contributed by atoms with E-state index in [1.165, 1.54) is 0 Å². The van der Waals surface area contributed by atoms with Crippen LogP contribution in [0, 0.1) is 0 Å². The van der Waals surface area contributed by atoms with Gasteiger partial charge in [-0.05, 0) is 25.0 Å². The van der Waals surface area contributed by atoms with Gasteiger partial charge in [-0.1, -0.05) is 13.0 Å². The van der Waals surface area contributed by atoms with Gasteiger partial charge < -0.3 is 5.32 Å². The van der Waals surface area contributed by atoms with Crippen LogP contribution in [0.25, 0.3) is 0 Å². The maximum absolute atomic E-state index is 11.2. The van der Waals surface area contributed by atoms with E-state index in [-0.39, 0.29) is 11.3 Å². The number of carbonyl (C=O) groups is 1. The molecule has 1 aromatic heterocycles. The molecule has 1 aliphatic rings. The molecule has 0 unspecified atom stereocenters. The van der Waals surface area contributed by atoms with E-state index < -0.39 is 0 Å². The molecule has 0 spiro atoms. The Bertz CT molecular complexity index is 344. The Balaban J connectivity index is 2.00. The summed E-state index contributed by atoms with van der Waals surface area (Å²) < 4.78 is 0. The Hall–Kier alpha value is -1.38. The Kier molecular flexibility index (Phi) is 2.71. The van der Waals surface area contributed by atoms with E-state index in [9.17, 15) is 4.79 Å². The summed E-state index contributed by atoms with van der Waals surface area (Å²) in [6.07, 6.45) is 4.64. The standard InChI is InChI=1S/C12H16N2O/c1-2-11(15)14-9-12(6-7-12)10-5-3-4-8-13-10/h3-5,8H,2,6-7,9H2,1H3,(H,14,15). The van der Waals surface area contributed by atoms with Gasteiger partial charge in [0.05, 0.1) is 0 Å². The maximum Gasteiger partial charge on any atom is 0.219 e. The number of carbonyl (C=O) groups excluding carboxylic acids is 1. The van der Waals surface area contributed by atoms with Gasteiger partial charge in [0.15, 0.2) is 0 Å². The first kappa shape index (κ1) is 10.1. The second-order valence-corrected chi connectivity index (χ2v) is 4.13. The second-order valence-electron chi connectivity index (χ2n) is 4.13. The Labute approximate surface area is 89.9 Å². The highest BCUT2D eigenvalue weighted by Crippen LogP contribution is 2.46. The van der Waals surface area contributed by atoms with Crippen molar-refractivity contribution in [1.29, 1.82) is 0 Å². The summed E-state index contributed by atoms with van der Waals surface area (Å²) in [7, 11) is 0. The zero-order valence-electron chi connectivity index (χ0n) is 8.99. The summed E-state index contributed by atoms with van der Waals surface area (Å²) in [6.45, 7) is 2.60. The molecule has 3 heteroatoms. The summed E-state index contributed by atoms with van der Waals surface area (Å²) >= 11 is 0. The Morgan fingerprint density at radius 3 is 2.87 bits per heavy atom. The molecule has 0 aromatic carbocycles. The SMILES string of the molecule is CCC(=O)NCC1(c2ccccn2)CC1. The second kappa shape index (κ2) is 4.01. The molecule has 1 heterocycles. The number of pyridine rings is 1. The van der Waals surface area contributed by atoms with Crippen molar-refractivity contribution in [3.8, 4) is 0 Å². The van der Waals surface area contributed by atoms with Crippen LogP contribution < -0.4 is 5.32 Å². The van der Waals surface area contributed by atoms with Gasteiger partial charge in [-0.3, -0.25) is 9.78 Å². The minimum atomic E-state index is 0.122. The third-order valence-corrected chi connectivity index (χ3v) is 3.01. The summed E-state index contributed by atoms with van der Waals surface area (Å²) in [5.74, 6) is 0.122. The van der Waals surface area contributed by atoms with Crippen LogP contribution in [0.2, 0.25) is 0 Å². The highest BCUT2D eigenvalue weighted by molar-refractivity contribution is 5.75. The predicted octanol–water partition coefficient (Wildman–Crippen LogP) is 1.64. The highest BCUT2D eigenvalue weighted by Gasteiger charge is 2.45. The molecule has 0 aliphatic heterocycles. The lowest BCUT2D eigenvalue weighted by Crippen LogP contribution is -2.32. The smallest absolute Gasteiger partial charge is 0.219 e. The molecule has 1 amide bonds. The zero-order valence-corrected chi connectivity index (χ0v) is 8.99. The van der Waals surface area contributed by atoms with E-state index in [1.54, 1.807) is 0 Å². The fourth-order valence-corrected chi connectivity index (χ4v) is 1.74. The zero-order chi connectivity index (χ0) is 10.7. The lowest BCUT2D eigenvalue weighted by Gasteiger charge is -2.14. The molecule has 1 fully saturated rings. The van der Waals surface area contributed by atoms with Gasteiger partial charge in [0, 0.05) is 30.3 Å². The van der Waals surface area contributed by atoms with Crippen molar-refractivity contribution in [1.82, 2.24) is 10.3 Å². The van der Waals surface area contributed by atoms with Gasteiger partial charge in [-0.15, -0.1) is 0 Å². The third kappa shape index (κ3) is 2.17. The van der Waals surface area contributed by atoms with E-state index in [0.29, 0.717) is 6.42 Å². The van der Waals surface area contributed by atoms with Gasteiger partial charge >= 0.3 is 0 Å².